The van der Waals surface area contributed by atoms with Gasteiger partial charge in [0.05, 0.1) is 29.0 Å². The van der Waals surface area contributed by atoms with Crippen molar-refractivity contribution in [3.8, 4) is 11.4 Å². The normalized spacial score (nSPS) is 11.5. The van der Waals surface area contributed by atoms with Gasteiger partial charge in [0.1, 0.15) is 5.69 Å². The van der Waals surface area contributed by atoms with Crippen LogP contribution in [0, 0.1) is 0 Å². The van der Waals surface area contributed by atoms with E-state index in [1.165, 1.54) is 28.9 Å². The number of carbonyl (C=O) groups is 2. The Bertz CT molecular complexity index is 1570. The van der Waals surface area contributed by atoms with Gasteiger partial charge in [-0.05, 0) is 62.4 Å². The quantitative estimate of drug-likeness (QED) is 0.145. The molecule has 2 amide bonds. The number of pyridine rings is 1. The van der Waals surface area contributed by atoms with Crippen molar-refractivity contribution in [2.75, 3.05) is 18.1 Å². The zero-order valence-corrected chi connectivity index (χ0v) is 25.9. The van der Waals surface area contributed by atoms with Gasteiger partial charge in [0.2, 0.25) is 5.91 Å². The molecule has 0 bridgehead atoms. The summed E-state index contributed by atoms with van der Waals surface area (Å²) in [5.41, 5.74) is 6.19. The fourth-order valence-electron chi connectivity index (χ4n) is 3.91. The molecule has 0 radical (unpaired) electrons. The van der Waals surface area contributed by atoms with Crippen LogP contribution in [0.1, 0.15) is 56.6 Å². The van der Waals surface area contributed by atoms with Crippen molar-refractivity contribution >= 4 is 56.7 Å². The van der Waals surface area contributed by atoms with Gasteiger partial charge in [-0.15, -0.1) is 17.9 Å². The van der Waals surface area contributed by atoms with Gasteiger partial charge in [-0.1, -0.05) is 61.9 Å². The maximum Gasteiger partial charge on any atom is 0.253 e. The largest absolute Gasteiger partial charge is 0.343 e. The fourth-order valence-corrected chi connectivity index (χ4v) is 5.20. The standard InChI is InChI=1S/C29H31N5O2S2.C3H6/c1-5-10-20(15-19(3)6-2)23-12-9-13-24(31-23)25-18-38-29(32-25)33-27(35)16-30-28(36)22-17-34(37-4)26-14-8-7-11-21(22)26;1-3-2/h7-15,17-18H,5-6,16H2,1-4H3,(H,30,36)(H,32,33,35);3H,1H2,2H3/b19-15-,20-10-;. The van der Waals surface area contributed by atoms with E-state index in [1.807, 2.05) is 65.0 Å². The second-order valence-electron chi connectivity index (χ2n) is 9.07. The summed E-state index contributed by atoms with van der Waals surface area (Å²) in [5.74, 6) is -0.642. The van der Waals surface area contributed by atoms with E-state index in [0.29, 0.717) is 16.4 Å². The van der Waals surface area contributed by atoms with E-state index in [0.717, 1.165) is 40.7 Å². The number of nitrogens with zero attached hydrogens (tertiary/aromatic N) is 3. The highest BCUT2D eigenvalue weighted by Crippen LogP contribution is 2.27. The van der Waals surface area contributed by atoms with Crippen LogP contribution in [0.25, 0.3) is 27.9 Å². The Kier molecular flexibility index (Phi) is 12.1. The van der Waals surface area contributed by atoms with E-state index in [9.17, 15) is 9.59 Å². The lowest BCUT2D eigenvalue weighted by Crippen LogP contribution is -2.32. The molecule has 0 atom stereocenters. The second kappa shape index (κ2) is 15.7. The highest BCUT2D eigenvalue weighted by molar-refractivity contribution is 7.97. The minimum absolute atomic E-state index is 0.158. The molecule has 0 aliphatic carbocycles. The number of aromatic nitrogens is 3. The molecule has 2 N–H and O–H groups in total. The number of para-hydroxylation sites is 1. The number of carbonyl (C=O) groups excluding carboxylic acids is 2. The van der Waals surface area contributed by atoms with Crippen LogP contribution in [0.5, 0.6) is 0 Å². The van der Waals surface area contributed by atoms with Crippen LogP contribution in [0.15, 0.2) is 84.4 Å². The third-order valence-corrected chi connectivity index (χ3v) is 7.42. The van der Waals surface area contributed by atoms with Gasteiger partial charge < -0.3 is 10.6 Å². The highest BCUT2D eigenvalue weighted by Gasteiger charge is 2.16. The van der Waals surface area contributed by atoms with Gasteiger partial charge in [0.25, 0.3) is 5.91 Å². The number of anilines is 1. The van der Waals surface area contributed by atoms with E-state index in [2.05, 4.69) is 55.1 Å². The maximum absolute atomic E-state index is 12.8. The van der Waals surface area contributed by atoms with Gasteiger partial charge in [-0.3, -0.25) is 13.6 Å². The first-order valence-electron chi connectivity index (χ1n) is 13.4. The van der Waals surface area contributed by atoms with Crippen LogP contribution in [-0.2, 0) is 4.79 Å². The predicted octanol–water partition coefficient (Wildman–Crippen LogP) is 8.00. The molecule has 4 rings (SSSR count). The zero-order valence-electron chi connectivity index (χ0n) is 24.2. The molecular weight excluding hydrogens is 551 g/mol. The van der Waals surface area contributed by atoms with Crippen LogP contribution in [0.3, 0.4) is 0 Å². The Balaban J connectivity index is 0.00000147. The van der Waals surface area contributed by atoms with E-state index in [-0.39, 0.29) is 18.4 Å². The summed E-state index contributed by atoms with van der Waals surface area (Å²) in [5, 5.41) is 8.67. The SMILES string of the molecule is C=CC.CC/C=C(/C=C(/C)CC)c1cccc(-c2csc(NC(=O)CNC(=O)c3cn(SC)c4ccccc34)n2)n1. The molecule has 3 heterocycles. The van der Waals surface area contributed by atoms with Crippen LogP contribution in [0.2, 0.25) is 0 Å². The molecule has 0 unspecified atom stereocenters. The van der Waals surface area contributed by atoms with Crippen molar-refractivity contribution < 1.29 is 9.59 Å². The number of benzene rings is 1. The lowest BCUT2D eigenvalue weighted by atomic mass is 10.1. The molecule has 0 spiro atoms. The van der Waals surface area contributed by atoms with E-state index >= 15 is 0 Å². The lowest BCUT2D eigenvalue weighted by Gasteiger charge is -2.06. The third-order valence-electron chi connectivity index (χ3n) is 5.97. The van der Waals surface area contributed by atoms with Gasteiger partial charge in [0, 0.05) is 23.2 Å². The monoisotopic (exact) mass is 587 g/mol. The van der Waals surface area contributed by atoms with Crippen molar-refractivity contribution in [2.24, 2.45) is 0 Å². The number of allylic oxidation sites excluding steroid dienone is 5. The molecule has 0 saturated carbocycles. The predicted molar refractivity (Wildman–Crippen MR) is 175 cm³/mol. The third kappa shape index (κ3) is 8.52. The van der Waals surface area contributed by atoms with E-state index in [4.69, 9.17) is 4.98 Å². The first-order valence-corrected chi connectivity index (χ1v) is 15.5. The Labute approximate surface area is 250 Å². The number of thiazole rings is 1. The highest BCUT2D eigenvalue weighted by atomic mass is 32.2. The van der Waals surface area contributed by atoms with Gasteiger partial charge >= 0.3 is 0 Å². The minimum atomic E-state index is -0.345. The smallest absolute Gasteiger partial charge is 0.253 e. The fraction of sp³-hybridized carbons (Fsp3) is 0.250. The minimum Gasteiger partial charge on any atom is -0.343 e. The molecule has 0 aliphatic rings. The van der Waals surface area contributed by atoms with Crippen molar-refractivity contribution in [3.63, 3.8) is 0 Å². The molecule has 4 aromatic rings. The van der Waals surface area contributed by atoms with Crippen molar-refractivity contribution in [2.45, 2.75) is 40.5 Å². The molecule has 0 aliphatic heterocycles. The van der Waals surface area contributed by atoms with E-state index < -0.39 is 0 Å². The number of nitrogens with one attached hydrogen (secondary N) is 2. The number of amides is 2. The number of fused-ring (bicyclic) bond motifs is 1. The number of hydrogen-bond acceptors (Lipinski definition) is 6. The topological polar surface area (TPSA) is 88.9 Å². The van der Waals surface area contributed by atoms with Crippen LogP contribution in [0.4, 0.5) is 5.13 Å². The van der Waals surface area contributed by atoms with Crippen molar-refractivity contribution in [1.29, 1.82) is 0 Å². The van der Waals surface area contributed by atoms with Crippen LogP contribution < -0.4 is 10.6 Å². The summed E-state index contributed by atoms with van der Waals surface area (Å²) in [7, 11) is 0. The summed E-state index contributed by atoms with van der Waals surface area (Å²) < 4.78 is 1.94. The van der Waals surface area contributed by atoms with Crippen LogP contribution >= 0.6 is 23.3 Å². The molecular formula is C32H37N5O2S2. The Hall–Kier alpha value is -3.95. The molecule has 3 aromatic heterocycles. The first kappa shape index (κ1) is 31.6. The summed E-state index contributed by atoms with van der Waals surface area (Å²) in [6, 6.07) is 13.6. The zero-order chi connectivity index (χ0) is 29.8. The second-order valence-corrected chi connectivity index (χ2v) is 10.7. The summed E-state index contributed by atoms with van der Waals surface area (Å²) in [6.07, 6.45) is 11.7. The van der Waals surface area contributed by atoms with Gasteiger partial charge in [-0.2, -0.15) is 0 Å². The Morgan fingerprint density at radius 1 is 1.10 bits per heavy atom. The molecule has 214 valence electrons. The molecule has 0 saturated heterocycles. The Morgan fingerprint density at radius 2 is 1.85 bits per heavy atom. The lowest BCUT2D eigenvalue weighted by molar-refractivity contribution is -0.115. The molecule has 7 nitrogen and oxygen atoms in total. The maximum atomic E-state index is 12.8. The molecule has 9 heteroatoms. The molecule has 41 heavy (non-hydrogen) atoms. The number of hydrogen-bond donors (Lipinski definition) is 2. The van der Waals surface area contributed by atoms with Gasteiger partial charge in [0.15, 0.2) is 5.13 Å². The summed E-state index contributed by atoms with van der Waals surface area (Å²) in [6.45, 7) is 11.5. The van der Waals surface area contributed by atoms with Crippen LogP contribution in [-0.4, -0.2) is 38.6 Å². The summed E-state index contributed by atoms with van der Waals surface area (Å²) in [4.78, 5) is 34.8. The first-order chi connectivity index (χ1) is 19.8. The number of rotatable bonds is 10. The van der Waals surface area contributed by atoms with Crippen molar-refractivity contribution in [3.05, 3.63) is 95.7 Å². The Morgan fingerprint density at radius 3 is 2.56 bits per heavy atom. The average Bonchev–Trinajstić information content (AvgIpc) is 3.61. The molecule has 1 aromatic carbocycles. The summed E-state index contributed by atoms with van der Waals surface area (Å²) >= 11 is 2.83. The van der Waals surface area contributed by atoms with E-state index in [1.54, 1.807) is 12.3 Å². The van der Waals surface area contributed by atoms with Gasteiger partial charge in [-0.25, -0.2) is 9.97 Å². The van der Waals surface area contributed by atoms with Crippen molar-refractivity contribution in [1.82, 2.24) is 19.3 Å². The molecule has 0 fully saturated rings. The average molecular weight is 588 g/mol.